The molecule has 0 N–H and O–H groups in total. The minimum atomic E-state index is -0.394. The van der Waals surface area contributed by atoms with Crippen molar-refractivity contribution >= 4 is 12.4 Å². The minimum absolute atomic E-state index is 0.121. The predicted octanol–water partition coefficient (Wildman–Crippen LogP) is 2.70. The molecule has 0 aliphatic rings. The van der Waals surface area contributed by atoms with Crippen LogP contribution in [-0.4, -0.2) is 25.7 Å². The average molecular weight is 244 g/mol. The first-order valence-corrected chi connectivity index (χ1v) is 6.27. The summed E-state index contributed by atoms with van der Waals surface area (Å²) in [4.78, 5) is 21.5. The maximum atomic E-state index is 11.6. The van der Waals surface area contributed by atoms with Gasteiger partial charge in [0.1, 0.15) is 0 Å². The van der Waals surface area contributed by atoms with Crippen LogP contribution < -0.4 is 0 Å². The standard InChI is InChI=1S/C13H24O4/c1-4-17-12(15)13(2,3)9-7-5-6-8-10-16-11-14/h11H,4-10H2,1-3H3. The summed E-state index contributed by atoms with van der Waals surface area (Å²) in [6, 6.07) is 0. The fourth-order valence-electron chi connectivity index (χ4n) is 1.58. The van der Waals surface area contributed by atoms with Gasteiger partial charge in [0.05, 0.1) is 18.6 Å². The molecule has 0 aliphatic carbocycles. The predicted molar refractivity (Wildman–Crippen MR) is 65.5 cm³/mol. The van der Waals surface area contributed by atoms with Crippen molar-refractivity contribution < 1.29 is 19.1 Å². The van der Waals surface area contributed by atoms with Gasteiger partial charge in [0.15, 0.2) is 0 Å². The fraction of sp³-hybridized carbons (Fsp3) is 0.846. The molecular weight excluding hydrogens is 220 g/mol. The third-order valence-corrected chi connectivity index (χ3v) is 2.71. The highest BCUT2D eigenvalue weighted by atomic mass is 16.5. The van der Waals surface area contributed by atoms with Crippen molar-refractivity contribution in [1.29, 1.82) is 0 Å². The molecular formula is C13H24O4. The Morgan fingerprint density at radius 2 is 1.82 bits per heavy atom. The van der Waals surface area contributed by atoms with Gasteiger partial charge < -0.3 is 9.47 Å². The summed E-state index contributed by atoms with van der Waals surface area (Å²) >= 11 is 0. The monoisotopic (exact) mass is 244 g/mol. The van der Waals surface area contributed by atoms with Crippen molar-refractivity contribution in [2.24, 2.45) is 5.41 Å². The lowest BCUT2D eigenvalue weighted by molar-refractivity contribution is -0.153. The highest BCUT2D eigenvalue weighted by molar-refractivity contribution is 5.75. The van der Waals surface area contributed by atoms with Gasteiger partial charge in [-0.3, -0.25) is 9.59 Å². The summed E-state index contributed by atoms with van der Waals surface area (Å²) in [5, 5.41) is 0. The molecule has 0 bridgehead atoms. The van der Waals surface area contributed by atoms with Gasteiger partial charge in [-0.1, -0.05) is 19.3 Å². The number of esters is 1. The molecule has 0 fully saturated rings. The zero-order valence-electron chi connectivity index (χ0n) is 11.2. The van der Waals surface area contributed by atoms with E-state index in [1.165, 1.54) is 0 Å². The third-order valence-electron chi connectivity index (χ3n) is 2.71. The molecule has 0 saturated carbocycles. The minimum Gasteiger partial charge on any atom is -0.468 e. The molecule has 0 rings (SSSR count). The molecule has 100 valence electrons. The van der Waals surface area contributed by atoms with E-state index in [2.05, 4.69) is 4.74 Å². The highest BCUT2D eigenvalue weighted by Crippen LogP contribution is 2.25. The third kappa shape index (κ3) is 7.77. The van der Waals surface area contributed by atoms with E-state index in [1.54, 1.807) is 0 Å². The Morgan fingerprint density at radius 3 is 2.41 bits per heavy atom. The Hall–Kier alpha value is -1.06. The Kier molecular flexibility index (Phi) is 8.46. The van der Waals surface area contributed by atoms with Crippen molar-refractivity contribution in [3.8, 4) is 0 Å². The first-order chi connectivity index (χ1) is 8.04. The van der Waals surface area contributed by atoms with Crippen LogP contribution in [0.4, 0.5) is 0 Å². The van der Waals surface area contributed by atoms with Crippen LogP contribution >= 0.6 is 0 Å². The van der Waals surface area contributed by atoms with Crippen LogP contribution in [0.5, 0.6) is 0 Å². The first kappa shape index (κ1) is 15.9. The first-order valence-electron chi connectivity index (χ1n) is 6.27. The molecule has 0 unspecified atom stereocenters. The van der Waals surface area contributed by atoms with E-state index >= 15 is 0 Å². The van der Waals surface area contributed by atoms with Crippen molar-refractivity contribution in [3.05, 3.63) is 0 Å². The molecule has 0 spiro atoms. The van der Waals surface area contributed by atoms with E-state index in [4.69, 9.17) is 4.74 Å². The Bertz CT molecular complexity index is 223. The lowest BCUT2D eigenvalue weighted by Gasteiger charge is -2.21. The van der Waals surface area contributed by atoms with Crippen LogP contribution in [0.15, 0.2) is 0 Å². The Balaban J connectivity index is 3.58. The van der Waals surface area contributed by atoms with Crippen LogP contribution in [0, 0.1) is 5.41 Å². The maximum absolute atomic E-state index is 11.6. The van der Waals surface area contributed by atoms with E-state index in [0.29, 0.717) is 19.7 Å². The molecule has 0 aliphatic heterocycles. The number of carbonyl (C=O) groups excluding carboxylic acids is 2. The molecule has 4 nitrogen and oxygen atoms in total. The zero-order chi connectivity index (χ0) is 13.1. The molecule has 17 heavy (non-hydrogen) atoms. The summed E-state index contributed by atoms with van der Waals surface area (Å²) in [7, 11) is 0. The van der Waals surface area contributed by atoms with E-state index in [0.717, 1.165) is 32.1 Å². The molecule has 0 atom stereocenters. The van der Waals surface area contributed by atoms with Gasteiger partial charge >= 0.3 is 5.97 Å². The lowest BCUT2D eigenvalue weighted by Crippen LogP contribution is -2.26. The van der Waals surface area contributed by atoms with E-state index in [1.807, 2.05) is 20.8 Å². The van der Waals surface area contributed by atoms with Gasteiger partial charge in [-0.15, -0.1) is 0 Å². The van der Waals surface area contributed by atoms with Crippen LogP contribution in [0.3, 0.4) is 0 Å². The highest BCUT2D eigenvalue weighted by Gasteiger charge is 2.28. The number of unbranched alkanes of at least 4 members (excludes halogenated alkanes) is 3. The number of hydrogen-bond acceptors (Lipinski definition) is 4. The summed E-state index contributed by atoms with van der Waals surface area (Å²) in [5.41, 5.74) is -0.394. The van der Waals surface area contributed by atoms with Crippen molar-refractivity contribution in [3.63, 3.8) is 0 Å². The second kappa shape index (κ2) is 9.02. The van der Waals surface area contributed by atoms with Gasteiger partial charge in [0.2, 0.25) is 0 Å². The van der Waals surface area contributed by atoms with E-state index in [-0.39, 0.29) is 5.97 Å². The quantitative estimate of drug-likeness (QED) is 0.337. The summed E-state index contributed by atoms with van der Waals surface area (Å²) < 4.78 is 9.62. The van der Waals surface area contributed by atoms with Crippen LogP contribution in [0.25, 0.3) is 0 Å². The van der Waals surface area contributed by atoms with Gasteiger partial charge in [0, 0.05) is 0 Å². The smallest absolute Gasteiger partial charge is 0.311 e. The molecule has 0 radical (unpaired) electrons. The van der Waals surface area contributed by atoms with Crippen molar-refractivity contribution in [2.45, 2.75) is 52.9 Å². The van der Waals surface area contributed by atoms with Gasteiger partial charge in [0.25, 0.3) is 6.47 Å². The van der Waals surface area contributed by atoms with E-state index < -0.39 is 5.41 Å². The number of rotatable bonds is 10. The largest absolute Gasteiger partial charge is 0.468 e. The molecule has 4 heteroatoms. The van der Waals surface area contributed by atoms with Gasteiger partial charge in [-0.05, 0) is 33.6 Å². The van der Waals surface area contributed by atoms with Gasteiger partial charge in [-0.2, -0.15) is 0 Å². The summed E-state index contributed by atoms with van der Waals surface area (Å²) in [6.45, 7) is 7.06. The Morgan fingerprint density at radius 1 is 1.18 bits per heavy atom. The summed E-state index contributed by atoms with van der Waals surface area (Å²) in [6.07, 6.45) is 4.78. The molecule has 0 aromatic carbocycles. The molecule has 0 saturated heterocycles. The van der Waals surface area contributed by atoms with E-state index in [9.17, 15) is 9.59 Å². The Labute approximate surface area is 104 Å². The van der Waals surface area contributed by atoms with Crippen LogP contribution in [-0.2, 0) is 19.1 Å². The lowest BCUT2D eigenvalue weighted by atomic mass is 9.87. The topological polar surface area (TPSA) is 52.6 Å². The molecule has 0 aromatic rings. The fourth-order valence-corrected chi connectivity index (χ4v) is 1.58. The summed E-state index contributed by atoms with van der Waals surface area (Å²) in [5.74, 6) is -0.121. The second-order valence-electron chi connectivity index (χ2n) is 4.74. The molecule has 0 aromatic heterocycles. The maximum Gasteiger partial charge on any atom is 0.311 e. The molecule has 0 heterocycles. The average Bonchev–Trinajstić information content (AvgIpc) is 2.28. The second-order valence-corrected chi connectivity index (χ2v) is 4.74. The number of ether oxygens (including phenoxy) is 2. The van der Waals surface area contributed by atoms with Gasteiger partial charge in [-0.25, -0.2) is 0 Å². The van der Waals surface area contributed by atoms with Crippen molar-refractivity contribution in [1.82, 2.24) is 0 Å². The number of carbonyl (C=O) groups is 2. The number of hydrogen-bond donors (Lipinski definition) is 0. The van der Waals surface area contributed by atoms with Crippen LogP contribution in [0.2, 0.25) is 0 Å². The zero-order valence-corrected chi connectivity index (χ0v) is 11.2. The van der Waals surface area contributed by atoms with Crippen molar-refractivity contribution in [2.75, 3.05) is 13.2 Å². The van der Waals surface area contributed by atoms with Crippen LogP contribution in [0.1, 0.15) is 52.9 Å². The normalized spacial score (nSPS) is 11.0. The SMILES string of the molecule is CCOC(=O)C(C)(C)CCCCCCOC=O. The molecule has 0 amide bonds.